The monoisotopic (exact) mass is 223 g/mol. The number of benzene rings is 1. The molecular weight excluding hydrogens is 210 g/mol. The third-order valence-electron chi connectivity index (χ3n) is 2.95. The first-order chi connectivity index (χ1) is 7.20. The van der Waals surface area contributed by atoms with Crippen LogP contribution in [0.3, 0.4) is 0 Å². The number of nitrogens with one attached hydrogen (secondary N) is 1. The molecule has 0 bridgehead atoms. The largest absolute Gasteiger partial charge is 0.353 e. The van der Waals surface area contributed by atoms with Crippen molar-refractivity contribution in [1.82, 2.24) is 5.32 Å². The van der Waals surface area contributed by atoms with Crippen LogP contribution < -0.4 is 5.32 Å². The molecule has 1 N–H and O–H groups in total. The van der Waals surface area contributed by atoms with Gasteiger partial charge in [-0.1, -0.05) is 30.7 Å². The summed E-state index contributed by atoms with van der Waals surface area (Å²) in [4.78, 5) is 11.3. The van der Waals surface area contributed by atoms with Crippen LogP contribution in [-0.4, -0.2) is 11.9 Å². The predicted octanol–water partition coefficient (Wildman–Crippen LogP) is 2.72. The number of hydrogen-bond acceptors (Lipinski definition) is 1. The lowest BCUT2D eigenvalue weighted by molar-refractivity contribution is -0.119. The van der Waals surface area contributed by atoms with Gasteiger partial charge in [-0.15, -0.1) is 0 Å². The summed E-state index contributed by atoms with van der Waals surface area (Å²) in [6.07, 6.45) is 1.54. The van der Waals surface area contributed by atoms with Crippen molar-refractivity contribution in [3.05, 3.63) is 34.9 Å². The van der Waals surface area contributed by atoms with Gasteiger partial charge in [0.15, 0.2) is 0 Å². The third-order valence-corrected chi connectivity index (χ3v) is 3.19. The summed E-state index contributed by atoms with van der Waals surface area (Å²) in [6.45, 7) is 2.09. The van der Waals surface area contributed by atoms with E-state index in [1.807, 2.05) is 24.3 Å². The van der Waals surface area contributed by atoms with Gasteiger partial charge in [-0.2, -0.15) is 0 Å². The molecule has 0 radical (unpaired) electrons. The van der Waals surface area contributed by atoms with Gasteiger partial charge in [0.2, 0.25) is 5.91 Å². The molecule has 1 heterocycles. The van der Waals surface area contributed by atoms with Crippen molar-refractivity contribution in [1.29, 1.82) is 0 Å². The Morgan fingerprint density at radius 2 is 2.33 bits per heavy atom. The maximum atomic E-state index is 11.3. The van der Waals surface area contributed by atoms with Crippen molar-refractivity contribution in [2.24, 2.45) is 0 Å². The molecule has 1 saturated heterocycles. The molecule has 2 atom stereocenters. The van der Waals surface area contributed by atoms with Crippen LogP contribution in [0.1, 0.15) is 31.2 Å². The maximum absolute atomic E-state index is 11.3. The lowest BCUT2D eigenvalue weighted by atomic mass is 9.91. The maximum Gasteiger partial charge on any atom is 0.220 e. The summed E-state index contributed by atoms with van der Waals surface area (Å²) in [5, 5.41) is 3.73. The predicted molar refractivity (Wildman–Crippen MR) is 61.0 cm³/mol. The Bertz CT molecular complexity index is 378. The quantitative estimate of drug-likeness (QED) is 0.821. The molecule has 1 fully saturated rings. The Kier molecular flexibility index (Phi) is 2.96. The molecule has 1 aromatic rings. The summed E-state index contributed by atoms with van der Waals surface area (Å²) >= 11 is 5.95. The lowest BCUT2D eigenvalue weighted by Crippen LogP contribution is -2.27. The van der Waals surface area contributed by atoms with Crippen LogP contribution >= 0.6 is 11.6 Å². The van der Waals surface area contributed by atoms with Crippen LogP contribution in [0.5, 0.6) is 0 Å². The normalized spacial score (nSPS) is 25.3. The zero-order chi connectivity index (χ0) is 10.8. The van der Waals surface area contributed by atoms with E-state index < -0.39 is 0 Å². The zero-order valence-electron chi connectivity index (χ0n) is 8.66. The zero-order valence-corrected chi connectivity index (χ0v) is 9.42. The van der Waals surface area contributed by atoms with E-state index in [0.29, 0.717) is 6.42 Å². The van der Waals surface area contributed by atoms with Crippen molar-refractivity contribution in [3.8, 4) is 0 Å². The molecule has 1 aromatic carbocycles. The van der Waals surface area contributed by atoms with Gasteiger partial charge in [0, 0.05) is 23.4 Å². The van der Waals surface area contributed by atoms with E-state index >= 15 is 0 Å². The first-order valence-corrected chi connectivity index (χ1v) is 5.63. The minimum Gasteiger partial charge on any atom is -0.353 e. The van der Waals surface area contributed by atoms with Crippen molar-refractivity contribution in [2.45, 2.75) is 31.7 Å². The third kappa shape index (κ3) is 2.15. The first kappa shape index (κ1) is 10.5. The van der Waals surface area contributed by atoms with Crippen molar-refractivity contribution >= 4 is 17.5 Å². The minimum absolute atomic E-state index is 0.145. The minimum atomic E-state index is 0.145. The smallest absolute Gasteiger partial charge is 0.220 e. The highest BCUT2D eigenvalue weighted by molar-refractivity contribution is 6.30. The summed E-state index contributed by atoms with van der Waals surface area (Å²) < 4.78 is 0. The second-order valence-corrected chi connectivity index (χ2v) is 4.38. The van der Waals surface area contributed by atoms with E-state index in [9.17, 15) is 4.79 Å². The Morgan fingerprint density at radius 3 is 3.00 bits per heavy atom. The highest BCUT2D eigenvalue weighted by Crippen LogP contribution is 2.31. The molecule has 3 heteroatoms. The molecule has 15 heavy (non-hydrogen) atoms. The molecular formula is C12H14ClNO. The number of amides is 1. The van der Waals surface area contributed by atoms with Gasteiger partial charge < -0.3 is 5.32 Å². The molecule has 1 aliphatic rings. The summed E-state index contributed by atoms with van der Waals surface area (Å²) in [5.41, 5.74) is 1.16. The summed E-state index contributed by atoms with van der Waals surface area (Å²) in [6, 6.07) is 8.05. The molecule has 0 saturated carbocycles. The van der Waals surface area contributed by atoms with Gasteiger partial charge >= 0.3 is 0 Å². The fourth-order valence-corrected chi connectivity index (χ4v) is 2.38. The number of hydrogen-bond donors (Lipinski definition) is 1. The fraction of sp³-hybridized carbons (Fsp3) is 0.417. The Hall–Kier alpha value is -1.02. The van der Waals surface area contributed by atoms with E-state index in [2.05, 4.69) is 12.2 Å². The van der Waals surface area contributed by atoms with Crippen LogP contribution in [0.4, 0.5) is 0 Å². The van der Waals surface area contributed by atoms with Crippen LogP contribution in [0.15, 0.2) is 24.3 Å². The van der Waals surface area contributed by atoms with Gasteiger partial charge in [-0.25, -0.2) is 0 Å². The molecule has 1 aliphatic heterocycles. The van der Waals surface area contributed by atoms with Gasteiger partial charge in [0.25, 0.3) is 0 Å². The number of carbonyl (C=O) groups excluding carboxylic acids is 1. The Labute approximate surface area is 94.6 Å². The molecule has 2 nitrogen and oxygen atoms in total. The number of carbonyl (C=O) groups is 1. The molecule has 0 aromatic heterocycles. The van der Waals surface area contributed by atoms with E-state index in [0.717, 1.165) is 17.0 Å². The molecule has 0 aliphatic carbocycles. The SMILES string of the molecule is CCC1NC(=O)CC1c1cccc(Cl)c1. The average Bonchev–Trinajstić information content (AvgIpc) is 2.59. The van der Waals surface area contributed by atoms with Crippen molar-refractivity contribution in [2.75, 3.05) is 0 Å². The van der Waals surface area contributed by atoms with Crippen LogP contribution in [0.2, 0.25) is 5.02 Å². The Balaban J connectivity index is 2.26. The summed E-state index contributed by atoms with van der Waals surface area (Å²) in [5.74, 6) is 0.424. The molecule has 2 unspecified atom stereocenters. The molecule has 1 amide bonds. The highest BCUT2D eigenvalue weighted by Gasteiger charge is 2.31. The van der Waals surface area contributed by atoms with Crippen molar-refractivity contribution < 1.29 is 4.79 Å². The standard InChI is InChI=1S/C12H14ClNO/c1-2-11-10(7-12(15)14-11)8-4-3-5-9(13)6-8/h3-6,10-11H,2,7H2,1H3,(H,14,15). The summed E-state index contributed by atoms with van der Waals surface area (Å²) in [7, 11) is 0. The van der Waals surface area contributed by atoms with E-state index in [1.54, 1.807) is 0 Å². The van der Waals surface area contributed by atoms with Gasteiger partial charge in [-0.3, -0.25) is 4.79 Å². The number of rotatable bonds is 2. The average molecular weight is 224 g/mol. The second-order valence-electron chi connectivity index (χ2n) is 3.95. The molecule has 2 rings (SSSR count). The van der Waals surface area contributed by atoms with Gasteiger partial charge in [0.05, 0.1) is 0 Å². The highest BCUT2D eigenvalue weighted by atomic mass is 35.5. The fourth-order valence-electron chi connectivity index (χ4n) is 2.18. The van der Waals surface area contributed by atoms with Gasteiger partial charge in [0.1, 0.15) is 0 Å². The second kappa shape index (κ2) is 4.23. The molecule has 80 valence electrons. The first-order valence-electron chi connectivity index (χ1n) is 5.25. The topological polar surface area (TPSA) is 29.1 Å². The van der Waals surface area contributed by atoms with Crippen LogP contribution in [0, 0.1) is 0 Å². The van der Waals surface area contributed by atoms with Crippen molar-refractivity contribution in [3.63, 3.8) is 0 Å². The molecule has 0 spiro atoms. The Morgan fingerprint density at radius 1 is 1.53 bits per heavy atom. The van der Waals surface area contributed by atoms with Gasteiger partial charge in [-0.05, 0) is 24.1 Å². The van der Waals surface area contributed by atoms with Crippen LogP contribution in [-0.2, 0) is 4.79 Å². The van der Waals surface area contributed by atoms with Crippen LogP contribution in [0.25, 0.3) is 0 Å². The number of halogens is 1. The van der Waals surface area contributed by atoms with E-state index in [-0.39, 0.29) is 17.9 Å². The lowest BCUT2D eigenvalue weighted by Gasteiger charge is -2.17. The van der Waals surface area contributed by atoms with E-state index in [4.69, 9.17) is 11.6 Å². The van der Waals surface area contributed by atoms with E-state index in [1.165, 1.54) is 0 Å².